The van der Waals surface area contributed by atoms with E-state index < -0.39 is 0 Å². The molecule has 0 saturated carbocycles. The topological polar surface area (TPSA) is 21.6 Å². The molecule has 0 radical (unpaired) electrons. The summed E-state index contributed by atoms with van der Waals surface area (Å²) < 4.78 is 0. The highest BCUT2D eigenvalue weighted by atomic mass is 35.5. The van der Waals surface area contributed by atoms with Gasteiger partial charge in [-0.2, -0.15) is 0 Å². The lowest BCUT2D eigenvalue weighted by atomic mass is 10.4. The van der Waals surface area contributed by atoms with Gasteiger partial charge in [-0.25, -0.2) is 0 Å². The molecule has 1 heterocycles. The Morgan fingerprint density at radius 3 is 3.00 bits per heavy atom. The Labute approximate surface area is 74.4 Å². The highest BCUT2D eigenvalue weighted by Gasteiger charge is 2.03. The summed E-state index contributed by atoms with van der Waals surface area (Å²) in [6.45, 7) is 5.62. The van der Waals surface area contributed by atoms with E-state index in [1.54, 1.807) is 11.3 Å². The van der Waals surface area contributed by atoms with Crippen LogP contribution in [0.1, 0.15) is 9.75 Å². The lowest BCUT2D eigenvalue weighted by molar-refractivity contribution is 0.135. The zero-order valence-electron chi connectivity index (χ0n) is 6.13. The Bertz CT molecular complexity index is 259. The Balaban J connectivity index is 2.69. The van der Waals surface area contributed by atoms with E-state index in [9.17, 15) is 0 Å². The summed E-state index contributed by atoms with van der Waals surface area (Å²) in [5, 5.41) is 4.03. The minimum atomic E-state index is 0.418. The molecule has 11 heavy (non-hydrogen) atoms. The maximum absolute atomic E-state index is 5.85. The van der Waals surface area contributed by atoms with Crippen LogP contribution >= 0.6 is 22.9 Å². The van der Waals surface area contributed by atoms with Gasteiger partial charge in [-0.1, -0.05) is 11.6 Å². The molecule has 0 amide bonds. The molecule has 0 spiro atoms. The fraction of sp³-hybridized carbons (Fsp3) is 0.286. The van der Waals surface area contributed by atoms with Crippen molar-refractivity contribution in [2.75, 3.05) is 0 Å². The first-order valence-corrected chi connectivity index (χ1v) is 4.26. The van der Waals surface area contributed by atoms with Crippen LogP contribution in [0.15, 0.2) is 11.2 Å². The van der Waals surface area contributed by atoms with Gasteiger partial charge in [0.2, 0.25) is 0 Å². The molecule has 0 fully saturated rings. The second kappa shape index (κ2) is 3.74. The molecule has 4 heteroatoms. The molecule has 0 aliphatic carbocycles. The molecule has 2 nitrogen and oxygen atoms in total. The van der Waals surface area contributed by atoms with E-state index in [2.05, 4.69) is 11.9 Å². The molecular formula is C7H8ClNOS. The molecule has 60 valence electrons. The molecule has 1 rings (SSSR count). The van der Waals surface area contributed by atoms with Crippen LogP contribution < -0.4 is 0 Å². The average Bonchev–Trinajstić information content (AvgIpc) is 2.26. The maximum atomic E-state index is 5.85. The third-order valence-corrected chi connectivity index (χ3v) is 2.64. The van der Waals surface area contributed by atoms with E-state index >= 15 is 0 Å². The van der Waals surface area contributed by atoms with Gasteiger partial charge in [0.25, 0.3) is 0 Å². The van der Waals surface area contributed by atoms with Gasteiger partial charge in [0.1, 0.15) is 0 Å². The summed E-state index contributed by atoms with van der Waals surface area (Å²) in [7, 11) is 0. The fourth-order valence-corrected chi connectivity index (χ4v) is 1.97. The molecule has 0 bridgehead atoms. The first-order valence-electron chi connectivity index (χ1n) is 3.07. The quantitative estimate of drug-likeness (QED) is 0.529. The van der Waals surface area contributed by atoms with Crippen LogP contribution in [-0.2, 0) is 11.4 Å². The Kier molecular flexibility index (Phi) is 2.91. The summed E-state index contributed by atoms with van der Waals surface area (Å²) in [5.74, 6) is 0. The van der Waals surface area contributed by atoms with Gasteiger partial charge in [0.15, 0.2) is 6.61 Å². The monoisotopic (exact) mass is 189 g/mol. The lowest BCUT2D eigenvalue weighted by Crippen LogP contribution is -1.80. The molecule has 0 aliphatic rings. The summed E-state index contributed by atoms with van der Waals surface area (Å²) in [6.07, 6.45) is 0. The van der Waals surface area contributed by atoms with E-state index in [-0.39, 0.29) is 0 Å². The minimum Gasteiger partial charge on any atom is -0.391 e. The summed E-state index contributed by atoms with van der Waals surface area (Å²) in [5.41, 5.74) is 0. The molecule has 0 N–H and O–H groups in total. The number of hydrogen-bond donors (Lipinski definition) is 0. The maximum Gasteiger partial charge on any atom is 0.152 e. The number of nitrogens with zero attached hydrogens (tertiary/aromatic N) is 1. The number of hydrogen-bond acceptors (Lipinski definition) is 3. The van der Waals surface area contributed by atoms with Crippen LogP contribution in [0.2, 0.25) is 5.02 Å². The van der Waals surface area contributed by atoms with Crippen LogP contribution in [0.3, 0.4) is 0 Å². The lowest BCUT2D eigenvalue weighted by Gasteiger charge is -1.94. The number of rotatable bonds is 3. The second-order valence-electron chi connectivity index (χ2n) is 2.03. The highest BCUT2D eigenvalue weighted by Crippen LogP contribution is 2.26. The average molecular weight is 190 g/mol. The third kappa shape index (κ3) is 2.20. The number of thiophene rings is 1. The van der Waals surface area contributed by atoms with E-state index in [1.807, 2.05) is 13.0 Å². The largest absolute Gasteiger partial charge is 0.391 e. The van der Waals surface area contributed by atoms with Gasteiger partial charge < -0.3 is 4.84 Å². The Morgan fingerprint density at radius 1 is 1.82 bits per heavy atom. The first-order chi connectivity index (χ1) is 5.24. The molecule has 1 aromatic rings. The summed E-state index contributed by atoms with van der Waals surface area (Å²) >= 11 is 7.46. The van der Waals surface area contributed by atoms with Crippen molar-refractivity contribution in [1.82, 2.24) is 0 Å². The molecular weight excluding hydrogens is 182 g/mol. The van der Waals surface area contributed by atoms with Gasteiger partial charge in [0.05, 0.1) is 9.90 Å². The van der Waals surface area contributed by atoms with Crippen molar-refractivity contribution >= 4 is 29.7 Å². The van der Waals surface area contributed by atoms with Crippen molar-refractivity contribution < 1.29 is 4.84 Å². The van der Waals surface area contributed by atoms with Crippen molar-refractivity contribution in [3.8, 4) is 0 Å². The smallest absolute Gasteiger partial charge is 0.152 e. The van der Waals surface area contributed by atoms with Gasteiger partial charge in [-0.3, -0.25) is 0 Å². The van der Waals surface area contributed by atoms with Gasteiger partial charge in [-0.15, -0.1) is 16.5 Å². The zero-order chi connectivity index (χ0) is 8.27. The van der Waals surface area contributed by atoms with Gasteiger partial charge >= 0.3 is 0 Å². The molecule has 0 unspecified atom stereocenters. The third-order valence-electron chi connectivity index (χ3n) is 1.17. The van der Waals surface area contributed by atoms with Crippen molar-refractivity contribution in [2.24, 2.45) is 5.16 Å². The Hall–Kier alpha value is -0.540. The van der Waals surface area contributed by atoms with Crippen molar-refractivity contribution in [3.05, 3.63) is 20.8 Å². The first kappa shape index (κ1) is 8.56. The predicted molar refractivity (Wildman–Crippen MR) is 48.4 cm³/mol. The van der Waals surface area contributed by atoms with Crippen molar-refractivity contribution in [2.45, 2.75) is 13.5 Å². The normalized spacial score (nSPS) is 9.64. The number of halogens is 1. The van der Waals surface area contributed by atoms with Crippen LogP contribution in [0.4, 0.5) is 0 Å². The van der Waals surface area contributed by atoms with E-state index in [0.29, 0.717) is 6.61 Å². The SMILES string of the molecule is C=NOCc1sc(C)cc1Cl. The number of oxime groups is 1. The van der Waals surface area contributed by atoms with Crippen molar-refractivity contribution in [1.29, 1.82) is 0 Å². The highest BCUT2D eigenvalue weighted by molar-refractivity contribution is 7.12. The van der Waals surface area contributed by atoms with Crippen LogP contribution in [0.25, 0.3) is 0 Å². The van der Waals surface area contributed by atoms with Crippen LogP contribution in [0.5, 0.6) is 0 Å². The molecule has 0 aliphatic heterocycles. The fourth-order valence-electron chi connectivity index (χ4n) is 0.734. The van der Waals surface area contributed by atoms with Crippen molar-refractivity contribution in [3.63, 3.8) is 0 Å². The molecule has 0 aromatic carbocycles. The van der Waals surface area contributed by atoms with E-state index in [1.165, 1.54) is 4.88 Å². The van der Waals surface area contributed by atoms with E-state index in [4.69, 9.17) is 16.4 Å². The molecule has 1 aromatic heterocycles. The van der Waals surface area contributed by atoms with Gasteiger partial charge in [0, 0.05) is 11.6 Å². The summed E-state index contributed by atoms with van der Waals surface area (Å²) in [6, 6.07) is 1.91. The van der Waals surface area contributed by atoms with Crippen LogP contribution in [0, 0.1) is 6.92 Å². The second-order valence-corrected chi connectivity index (χ2v) is 3.78. The summed E-state index contributed by atoms with van der Waals surface area (Å²) in [4.78, 5) is 6.93. The number of aryl methyl sites for hydroxylation is 1. The predicted octanol–water partition coefficient (Wildman–Crippen LogP) is 2.84. The molecule has 0 atom stereocenters. The van der Waals surface area contributed by atoms with E-state index in [0.717, 1.165) is 9.90 Å². The van der Waals surface area contributed by atoms with Gasteiger partial charge in [-0.05, 0) is 13.0 Å². The Morgan fingerprint density at radius 2 is 2.55 bits per heavy atom. The zero-order valence-corrected chi connectivity index (χ0v) is 7.71. The standard InChI is InChI=1S/C7H8ClNOS/c1-5-3-6(8)7(11-5)4-10-9-2/h3H,2,4H2,1H3. The van der Waals surface area contributed by atoms with Crippen LogP contribution in [-0.4, -0.2) is 6.72 Å². The molecule has 0 saturated heterocycles. The minimum absolute atomic E-state index is 0.418.